The van der Waals surface area contributed by atoms with E-state index >= 15 is 0 Å². The van der Waals surface area contributed by atoms with Crippen LogP contribution in [0.3, 0.4) is 0 Å². The second kappa shape index (κ2) is 4.30. The summed E-state index contributed by atoms with van der Waals surface area (Å²) in [6.45, 7) is 0.558. The Kier molecular flexibility index (Phi) is 2.84. The minimum atomic E-state index is 0.558. The standard InChI is InChI=1S/C12H10ClN3/c13-10-3-4-12(15)9(6-10)8-16-5-1-2-11(16)7-14/h1-6H,8,15H2. The van der Waals surface area contributed by atoms with E-state index in [4.69, 9.17) is 22.6 Å². The summed E-state index contributed by atoms with van der Waals surface area (Å²) >= 11 is 5.90. The molecule has 1 aromatic heterocycles. The van der Waals surface area contributed by atoms with Crippen molar-refractivity contribution in [2.24, 2.45) is 0 Å². The molecule has 0 aliphatic carbocycles. The van der Waals surface area contributed by atoms with Crippen LogP contribution in [-0.2, 0) is 6.54 Å². The number of halogens is 1. The summed E-state index contributed by atoms with van der Waals surface area (Å²) in [5, 5.41) is 9.53. The van der Waals surface area contributed by atoms with Gasteiger partial charge in [0.1, 0.15) is 11.8 Å². The van der Waals surface area contributed by atoms with E-state index < -0.39 is 0 Å². The van der Waals surface area contributed by atoms with Gasteiger partial charge in [-0.05, 0) is 35.9 Å². The van der Waals surface area contributed by atoms with Crippen molar-refractivity contribution in [1.29, 1.82) is 5.26 Å². The molecular weight excluding hydrogens is 222 g/mol. The number of rotatable bonds is 2. The average molecular weight is 232 g/mol. The molecule has 1 heterocycles. The van der Waals surface area contributed by atoms with Gasteiger partial charge in [0.15, 0.2) is 0 Å². The fourth-order valence-electron chi connectivity index (χ4n) is 1.55. The predicted molar refractivity (Wildman–Crippen MR) is 64.1 cm³/mol. The first kappa shape index (κ1) is 10.6. The van der Waals surface area contributed by atoms with Gasteiger partial charge in [0.2, 0.25) is 0 Å². The topological polar surface area (TPSA) is 54.7 Å². The number of nitriles is 1. The van der Waals surface area contributed by atoms with E-state index in [0.717, 1.165) is 5.56 Å². The molecular formula is C12H10ClN3. The van der Waals surface area contributed by atoms with Crippen LogP contribution in [0.5, 0.6) is 0 Å². The van der Waals surface area contributed by atoms with Gasteiger partial charge in [-0.15, -0.1) is 0 Å². The van der Waals surface area contributed by atoms with Crippen molar-refractivity contribution in [3.05, 3.63) is 52.8 Å². The lowest BCUT2D eigenvalue weighted by molar-refractivity contribution is 0.795. The van der Waals surface area contributed by atoms with Crippen molar-refractivity contribution in [3.63, 3.8) is 0 Å². The molecule has 0 fully saturated rings. The van der Waals surface area contributed by atoms with E-state index in [1.54, 1.807) is 18.2 Å². The molecule has 0 unspecified atom stereocenters. The van der Waals surface area contributed by atoms with Crippen LogP contribution in [0.2, 0.25) is 5.02 Å². The number of anilines is 1. The van der Waals surface area contributed by atoms with Gasteiger partial charge in [0.05, 0.1) is 6.54 Å². The van der Waals surface area contributed by atoms with E-state index in [0.29, 0.717) is 22.9 Å². The maximum atomic E-state index is 8.88. The third kappa shape index (κ3) is 2.02. The summed E-state index contributed by atoms with van der Waals surface area (Å²) in [7, 11) is 0. The second-order valence-corrected chi connectivity index (χ2v) is 3.91. The summed E-state index contributed by atoms with van der Waals surface area (Å²) in [6.07, 6.45) is 1.85. The molecule has 0 atom stereocenters. The second-order valence-electron chi connectivity index (χ2n) is 3.48. The Bertz CT molecular complexity index is 552. The summed E-state index contributed by atoms with van der Waals surface area (Å²) in [6, 6.07) is 11.1. The Labute approximate surface area is 98.7 Å². The number of hydrogen-bond acceptors (Lipinski definition) is 2. The molecule has 80 valence electrons. The molecule has 0 bridgehead atoms. The van der Waals surface area contributed by atoms with E-state index in [2.05, 4.69) is 6.07 Å². The minimum absolute atomic E-state index is 0.558. The smallest absolute Gasteiger partial charge is 0.120 e. The van der Waals surface area contributed by atoms with Gasteiger partial charge < -0.3 is 10.3 Å². The summed E-state index contributed by atoms with van der Waals surface area (Å²) in [5.41, 5.74) is 8.05. The maximum absolute atomic E-state index is 8.88. The molecule has 0 saturated carbocycles. The van der Waals surface area contributed by atoms with Crippen molar-refractivity contribution in [2.45, 2.75) is 6.54 Å². The number of nitrogen functional groups attached to an aromatic ring is 1. The monoisotopic (exact) mass is 231 g/mol. The first-order valence-electron chi connectivity index (χ1n) is 4.80. The van der Waals surface area contributed by atoms with Crippen LogP contribution < -0.4 is 5.73 Å². The molecule has 3 nitrogen and oxygen atoms in total. The molecule has 2 rings (SSSR count). The Morgan fingerprint density at radius 1 is 1.38 bits per heavy atom. The Morgan fingerprint density at radius 2 is 2.19 bits per heavy atom. The highest BCUT2D eigenvalue weighted by Gasteiger charge is 2.04. The van der Waals surface area contributed by atoms with E-state index in [1.165, 1.54) is 0 Å². The molecule has 4 heteroatoms. The van der Waals surface area contributed by atoms with Crippen molar-refractivity contribution in [3.8, 4) is 6.07 Å². The van der Waals surface area contributed by atoms with Gasteiger partial charge in [0, 0.05) is 16.9 Å². The quantitative estimate of drug-likeness (QED) is 0.808. The van der Waals surface area contributed by atoms with Gasteiger partial charge in [-0.1, -0.05) is 11.6 Å². The largest absolute Gasteiger partial charge is 0.398 e. The summed E-state index contributed by atoms with van der Waals surface area (Å²) < 4.78 is 1.84. The highest BCUT2D eigenvalue weighted by Crippen LogP contribution is 2.19. The first-order valence-corrected chi connectivity index (χ1v) is 5.17. The number of nitrogens with zero attached hydrogens (tertiary/aromatic N) is 2. The van der Waals surface area contributed by atoms with Crippen molar-refractivity contribution in [1.82, 2.24) is 4.57 Å². The van der Waals surface area contributed by atoms with Crippen LogP contribution in [-0.4, -0.2) is 4.57 Å². The number of benzene rings is 1. The summed E-state index contributed by atoms with van der Waals surface area (Å²) in [4.78, 5) is 0. The zero-order chi connectivity index (χ0) is 11.5. The molecule has 0 amide bonds. The molecule has 16 heavy (non-hydrogen) atoms. The molecule has 2 aromatic rings. The predicted octanol–water partition coefficient (Wildman–Crippen LogP) is 2.64. The van der Waals surface area contributed by atoms with Gasteiger partial charge in [-0.3, -0.25) is 0 Å². The van der Waals surface area contributed by atoms with Crippen molar-refractivity contribution in [2.75, 3.05) is 5.73 Å². The van der Waals surface area contributed by atoms with Crippen molar-refractivity contribution >= 4 is 17.3 Å². The van der Waals surface area contributed by atoms with Crippen molar-refractivity contribution < 1.29 is 0 Å². The number of aromatic nitrogens is 1. The molecule has 0 aliphatic heterocycles. The Hall–Kier alpha value is -1.92. The Balaban J connectivity index is 2.34. The van der Waals surface area contributed by atoms with Gasteiger partial charge in [-0.25, -0.2) is 0 Å². The Morgan fingerprint density at radius 3 is 2.94 bits per heavy atom. The normalized spacial score (nSPS) is 10.0. The SMILES string of the molecule is N#Cc1cccn1Cc1cc(Cl)ccc1N. The van der Waals surface area contributed by atoms with E-state index in [9.17, 15) is 0 Å². The lowest BCUT2D eigenvalue weighted by Gasteiger charge is -2.08. The fourth-order valence-corrected chi connectivity index (χ4v) is 1.74. The van der Waals surface area contributed by atoms with E-state index in [-0.39, 0.29) is 0 Å². The fraction of sp³-hybridized carbons (Fsp3) is 0.0833. The number of nitrogens with two attached hydrogens (primary N) is 1. The average Bonchev–Trinajstić information content (AvgIpc) is 2.71. The molecule has 0 radical (unpaired) electrons. The van der Waals surface area contributed by atoms with Gasteiger partial charge >= 0.3 is 0 Å². The van der Waals surface area contributed by atoms with E-state index in [1.807, 2.05) is 22.9 Å². The molecule has 2 N–H and O–H groups in total. The van der Waals surface area contributed by atoms with Gasteiger partial charge in [-0.2, -0.15) is 5.26 Å². The van der Waals surface area contributed by atoms with Crippen LogP contribution in [0.4, 0.5) is 5.69 Å². The van der Waals surface area contributed by atoms with Gasteiger partial charge in [0.25, 0.3) is 0 Å². The lowest BCUT2D eigenvalue weighted by Crippen LogP contribution is -2.03. The molecule has 0 aliphatic rings. The summed E-state index contributed by atoms with van der Waals surface area (Å²) in [5.74, 6) is 0. The highest BCUT2D eigenvalue weighted by molar-refractivity contribution is 6.30. The van der Waals surface area contributed by atoms with Crippen LogP contribution in [0, 0.1) is 11.3 Å². The third-order valence-electron chi connectivity index (χ3n) is 2.39. The first-order chi connectivity index (χ1) is 7.70. The third-order valence-corrected chi connectivity index (χ3v) is 2.62. The lowest BCUT2D eigenvalue weighted by atomic mass is 10.2. The number of hydrogen-bond donors (Lipinski definition) is 1. The zero-order valence-corrected chi connectivity index (χ0v) is 9.28. The maximum Gasteiger partial charge on any atom is 0.120 e. The minimum Gasteiger partial charge on any atom is -0.398 e. The van der Waals surface area contributed by atoms with Crippen LogP contribution in [0.1, 0.15) is 11.3 Å². The molecule has 0 saturated heterocycles. The van der Waals surface area contributed by atoms with Crippen LogP contribution >= 0.6 is 11.6 Å². The highest BCUT2D eigenvalue weighted by atomic mass is 35.5. The van der Waals surface area contributed by atoms with Crippen LogP contribution in [0.15, 0.2) is 36.5 Å². The zero-order valence-electron chi connectivity index (χ0n) is 8.52. The van der Waals surface area contributed by atoms with Crippen LogP contribution in [0.25, 0.3) is 0 Å². The molecule has 0 spiro atoms. The molecule has 1 aromatic carbocycles.